The third kappa shape index (κ3) is 5.22. The molecule has 72 valence electrons. The Kier molecular flexibility index (Phi) is 6.93. The van der Waals surface area contributed by atoms with Crippen LogP contribution in [-0.4, -0.2) is 6.54 Å². The van der Waals surface area contributed by atoms with Gasteiger partial charge in [0, 0.05) is 12.2 Å². The van der Waals surface area contributed by atoms with Crippen LogP contribution in [0.15, 0.2) is 11.3 Å². The fourth-order valence-electron chi connectivity index (χ4n) is 1.09. The molecule has 1 N–H and O–H groups in total. The van der Waals surface area contributed by atoms with Gasteiger partial charge in [-0.25, -0.2) is 0 Å². The van der Waals surface area contributed by atoms with Crippen molar-refractivity contribution < 1.29 is 0 Å². The van der Waals surface area contributed by atoms with E-state index in [0.717, 1.165) is 6.54 Å². The molecule has 0 saturated heterocycles. The summed E-state index contributed by atoms with van der Waals surface area (Å²) in [5.74, 6) is 0. The first-order chi connectivity index (χ1) is 5.72. The molecule has 0 fully saturated rings. The van der Waals surface area contributed by atoms with Gasteiger partial charge in [0.1, 0.15) is 0 Å². The molecule has 12 heavy (non-hydrogen) atoms. The zero-order valence-electron chi connectivity index (χ0n) is 9.04. The van der Waals surface area contributed by atoms with Crippen molar-refractivity contribution in [2.45, 2.75) is 53.4 Å². The third-order valence-electron chi connectivity index (χ3n) is 2.19. The number of hydrogen-bond acceptors (Lipinski definition) is 1. The van der Waals surface area contributed by atoms with Gasteiger partial charge >= 0.3 is 0 Å². The molecule has 0 unspecified atom stereocenters. The Morgan fingerprint density at radius 1 is 1.08 bits per heavy atom. The molecule has 0 aromatic rings. The summed E-state index contributed by atoms with van der Waals surface area (Å²) in [5, 5.41) is 3.42. The van der Waals surface area contributed by atoms with Crippen LogP contribution in [0, 0.1) is 0 Å². The highest BCUT2D eigenvalue weighted by Crippen LogP contribution is 2.09. The molecule has 0 radical (unpaired) electrons. The fourth-order valence-corrected chi connectivity index (χ4v) is 1.09. The Morgan fingerprint density at radius 2 is 1.75 bits per heavy atom. The Hall–Kier alpha value is -0.460. The van der Waals surface area contributed by atoms with Gasteiger partial charge in [-0.05, 0) is 33.1 Å². The van der Waals surface area contributed by atoms with Crippen molar-refractivity contribution in [3.8, 4) is 0 Å². The summed E-state index contributed by atoms with van der Waals surface area (Å²) in [5.41, 5.74) is 2.90. The molecule has 0 spiro atoms. The van der Waals surface area contributed by atoms with Gasteiger partial charge in [0.05, 0.1) is 0 Å². The molecule has 0 heterocycles. The van der Waals surface area contributed by atoms with Gasteiger partial charge < -0.3 is 5.32 Å². The largest absolute Gasteiger partial charge is 0.389 e. The summed E-state index contributed by atoms with van der Waals surface area (Å²) >= 11 is 0. The van der Waals surface area contributed by atoms with Crippen molar-refractivity contribution in [3.63, 3.8) is 0 Å². The van der Waals surface area contributed by atoms with E-state index in [1.807, 2.05) is 0 Å². The van der Waals surface area contributed by atoms with E-state index >= 15 is 0 Å². The van der Waals surface area contributed by atoms with Gasteiger partial charge in [0.15, 0.2) is 0 Å². The predicted molar refractivity (Wildman–Crippen MR) is 56.2 cm³/mol. The second-order valence-electron chi connectivity index (χ2n) is 3.44. The number of nitrogens with one attached hydrogen (secondary N) is 1. The van der Waals surface area contributed by atoms with Gasteiger partial charge in [-0.2, -0.15) is 0 Å². The van der Waals surface area contributed by atoms with Crippen LogP contribution in [0.5, 0.6) is 0 Å². The van der Waals surface area contributed by atoms with Gasteiger partial charge in [0.25, 0.3) is 0 Å². The molecule has 0 atom stereocenters. The first-order valence-electron chi connectivity index (χ1n) is 5.12. The first kappa shape index (κ1) is 11.5. The third-order valence-corrected chi connectivity index (χ3v) is 2.19. The standard InChI is InChI=1S/C11H23N/c1-5-7-8-10(3)11(4)12-9-6-2/h12H,5-9H2,1-4H3/b11-10+. The second kappa shape index (κ2) is 7.20. The predicted octanol–water partition coefficient (Wildman–Crippen LogP) is 3.47. The van der Waals surface area contributed by atoms with Crippen molar-refractivity contribution >= 4 is 0 Å². The number of rotatable bonds is 6. The maximum atomic E-state index is 3.42. The Bertz CT molecular complexity index is 120. The molecule has 0 amide bonds. The van der Waals surface area contributed by atoms with Gasteiger partial charge in [-0.1, -0.05) is 25.8 Å². The van der Waals surface area contributed by atoms with Crippen molar-refractivity contribution in [1.82, 2.24) is 5.32 Å². The lowest BCUT2D eigenvalue weighted by molar-refractivity contribution is 0.728. The van der Waals surface area contributed by atoms with E-state index in [0.29, 0.717) is 0 Å². The van der Waals surface area contributed by atoms with Crippen molar-refractivity contribution in [2.75, 3.05) is 6.54 Å². The summed E-state index contributed by atoms with van der Waals surface area (Å²) < 4.78 is 0. The summed E-state index contributed by atoms with van der Waals surface area (Å²) in [6.45, 7) is 9.95. The van der Waals surface area contributed by atoms with Crippen LogP contribution >= 0.6 is 0 Å². The van der Waals surface area contributed by atoms with E-state index in [9.17, 15) is 0 Å². The van der Waals surface area contributed by atoms with E-state index in [-0.39, 0.29) is 0 Å². The van der Waals surface area contributed by atoms with E-state index in [2.05, 4.69) is 33.0 Å². The Balaban J connectivity index is 3.72. The average molecular weight is 169 g/mol. The van der Waals surface area contributed by atoms with E-state index in [1.54, 1.807) is 0 Å². The van der Waals surface area contributed by atoms with E-state index < -0.39 is 0 Å². The average Bonchev–Trinajstić information content (AvgIpc) is 2.10. The molecule has 0 aliphatic rings. The lowest BCUT2D eigenvalue weighted by Crippen LogP contribution is -2.13. The number of hydrogen-bond donors (Lipinski definition) is 1. The highest BCUT2D eigenvalue weighted by atomic mass is 14.9. The zero-order chi connectivity index (χ0) is 9.40. The lowest BCUT2D eigenvalue weighted by atomic mass is 10.1. The zero-order valence-corrected chi connectivity index (χ0v) is 9.04. The molecule has 1 heteroatoms. The topological polar surface area (TPSA) is 12.0 Å². The monoisotopic (exact) mass is 169 g/mol. The van der Waals surface area contributed by atoms with Crippen LogP contribution in [0.4, 0.5) is 0 Å². The van der Waals surface area contributed by atoms with Crippen LogP contribution in [0.1, 0.15) is 53.4 Å². The van der Waals surface area contributed by atoms with Crippen molar-refractivity contribution in [3.05, 3.63) is 11.3 Å². The maximum Gasteiger partial charge on any atom is 0.0141 e. The van der Waals surface area contributed by atoms with Crippen LogP contribution in [0.3, 0.4) is 0 Å². The molecule has 0 aromatic heterocycles. The molecule has 0 rings (SSSR count). The molecule has 0 aliphatic heterocycles. The Morgan fingerprint density at radius 3 is 2.25 bits per heavy atom. The van der Waals surface area contributed by atoms with Crippen LogP contribution < -0.4 is 5.32 Å². The van der Waals surface area contributed by atoms with Gasteiger partial charge in [-0.3, -0.25) is 0 Å². The van der Waals surface area contributed by atoms with Gasteiger partial charge in [-0.15, -0.1) is 0 Å². The Labute approximate surface area is 77.2 Å². The second-order valence-corrected chi connectivity index (χ2v) is 3.44. The fraction of sp³-hybridized carbons (Fsp3) is 0.818. The molecular formula is C11H23N. The minimum Gasteiger partial charge on any atom is -0.389 e. The van der Waals surface area contributed by atoms with Crippen molar-refractivity contribution in [1.29, 1.82) is 0 Å². The highest BCUT2D eigenvalue weighted by molar-refractivity contribution is 5.07. The summed E-state index contributed by atoms with van der Waals surface area (Å²) in [4.78, 5) is 0. The van der Waals surface area contributed by atoms with Crippen LogP contribution in [-0.2, 0) is 0 Å². The first-order valence-corrected chi connectivity index (χ1v) is 5.12. The van der Waals surface area contributed by atoms with Gasteiger partial charge in [0.2, 0.25) is 0 Å². The smallest absolute Gasteiger partial charge is 0.0141 e. The lowest BCUT2D eigenvalue weighted by Gasteiger charge is -2.09. The maximum absolute atomic E-state index is 3.42. The minimum atomic E-state index is 1.11. The van der Waals surface area contributed by atoms with Crippen LogP contribution in [0.2, 0.25) is 0 Å². The van der Waals surface area contributed by atoms with E-state index in [4.69, 9.17) is 0 Å². The molecule has 1 nitrogen and oxygen atoms in total. The van der Waals surface area contributed by atoms with Crippen LogP contribution in [0.25, 0.3) is 0 Å². The normalized spacial score (nSPS) is 12.7. The molecule has 0 saturated carbocycles. The molecule has 0 aliphatic carbocycles. The summed E-state index contributed by atoms with van der Waals surface area (Å²) in [6.07, 6.45) is 5.06. The highest BCUT2D eigenvalue weighted by Gasteiger charge is 1.94. The minimum absolute atomic E-state index is 1.11. The summed E-state index contributed by atoms with van der Waals surface area (Å²) in [7, 11) is 0. The van der Waals surface area contributed by atoms with Crippen molar-refractivity contribution in [2.24, 2.45) is 0 Å². The SMILES string of the molecule is CCCC/C(C)=C(\C)NCCC. The number of unbranched alkanes of at least 4 members (excludes halogenated alkanes) is 1. The molecule has 0 aromatic carbocycles. The molecular weight excluding hydrogens is 146 g/mol. The summed E-state index contributed by atoms with van der Waals surface area (Å²) in [6, 6.07) is 0. The quantitative estimate of drug-likeness (QED) is 0.642. The number of allylic oxidation sites excluding steroid dienone is 2. The van der Waals surface area contributed by atoms with E-state index in [1.165, 1.54) is 37.0 Å². The molecule has 0 bridgehead atoms.